The van der Waals surface area contributed by atoms with Gasteiger partial charge in [-0.05, 0) is 25.2 Å². The molecule has 5 nitrogen and oxygen atoms in total. The van der Waals surface area contributed by atoms with Crippen LogP contribution in [0.2, 0.25) is 0 Å². The van der Waals surface area contributed by atoms with Gasteiger partial charge in [-0.1, -0.05) is 20.3 Å². The number of rotatable bonds is 8. The molecular formula is C15H27N3O2S. The third-order valence-electron chi connectivity index (χ3n) is 4.12. The fraction of sp³-hybridized carbons (Fsp3) is 0.867. The predicted octanol–water partition coefficient (Wildman–Crippen LogP) is 1.87. The van der Waals surface area contributed by atoms with Gasteiger partial charge in [0.05, 0.1) is 12.1 Å². The van der Waals surface area contributed by atoms with Crippen LogP contribution in [0.4, 0.5) is 4.79 Å². The molecule has 3 amide bonds. The summed E-state index contributed by atoms with van der Waals surface area (Å²) in [6.07, 6.45) is 4.72. The Kier molecular flexibility index (Phi) is 6.21. The van der Waals surface area contributed by atoms with Gasteiger partial charge in [-0.3, -0.25) is 4.79 Å². The summed E-state index contributed by atoms with van der Waals surface area (Å²) in [6.45, 7) is 5.11. The molecular weight excluding hydrogens is 286 g/mol. The summed E-state index contributed by atoms with van der Waals surface area (Å²) in [5.41, 5.74) is 0. The average molecular weight is 313 g/mol. The number of carbonyl (C=O) groups excluding carboxylic acids is 2. The van der Waals surface area contributed by atoms with Crippen LogP contribution in [-0.2, 0) is 4.79 Å². The Morgan fingerprint density at radius 1 is 1.38 bits per heavy atom. The van der Waals surface area contributed by atoms with Crippen molar-refractivity contribution < 1.29 is 9.59 Å². The first-order valence-corrected chi connectivity index (χ1v) is 9.06. The molecule has 21 heavy (non-hydrogen) atoms. The third kappa shape index (κ3) is 5.09. The lowest BCUT2D eigenvalue weighted by atomic mass is 10.0. The van der Waals surface area contributed by atoms with Crippen LogP contribution in [0, 0.1) is 5.92 Å². The molecule has 120 valence electrons. The summed E-state index contributed by atoms with van der Waals surface area (Å²) >= 11 is 1.93. The van der Waals surface area contributed by atoms with Gasteiger partial charge in [0.2, 0.25) is 5.91 Å². The van der Waals surface area contributed by atoms with Gasteiger partial charge in [0, 0.05) is 24.0 Å². The van der Waals surface area contributed by atoms with Crippen LogP contribution in [0.5, 0.6) is 0 Å². The third-order valence-corrected chi connectivity index (χ3v) is 5.63. The summed E-state index contributed by atoms with van der Waals surface area (Å²) in [7, 11) is 0. The van der Waals surface area contributed by atoms with E-state index in [1.54, 1.807) is 0 Å². The molecule has 0 spiro atoms. The standard InChI is InChI=1S/C15H27N3O2S/c1-10(2)7-8-16-13(19)6-4-3-5-12-14-11(9-21-12)17-15(20)18-14/h10-12,14H,3-9H2,1-2H3,(H,16,19)(H2,17,18,20)/t11-,12+,14+/m1/s1. The van der Waals surface area contributed by atoms with Crippen molar-refractivity contribution in [2.24, 2.45) is 5.92 Å². The van der Waals surface area contributed by atoms with Gasteiger partial charge in [-0.15, -0.1) is 0 Å². The highest BCUT2D eigenvalue weighted by atomic mass is 32.2. The van der Waals surface area contributed by atoms with E-state index in [4.69, 9.17) is 0 Å². The SMILES string of the molecule is CC(C)CCNC(=O)CCCC[C@@H]1SC[C@H]2NC(=O)N[C@H]12. The zero-order valence-corrected chi connectivity index (χ0v) is 13.8. The van der Waals surface area contributed by atoms with Crippen molar-refractivity contribution in [1.29, 1.82) is 0 Å². The number of unbranched alkanes of at least 4 members (excludes halogenated alkanes) is 1. The van der Waals surface area contributed by atoms with Gasteiger partial charge in [-0.25, -0.2) is 4.79 Å². The number of fused-ring (bicyclic) bond motifs is 1. The summed E-state index contributed by atoms with van der Waals surface area (Å²) < 4.78 is 0. The van der Waals surface area contributed by atoms with Crippen molar-refractivity contribution in [3.8, 4) is 0 Å². The zero-order valence-electron chi connectivity index (χ0n) is 13.0. The first-order chi connectivity index (χ1) is 10.1. The van der Waals surface area contributed by atoms with Gasteiger partial charge < -0.3 is 16.0 Å². The maximum atomic E-state index is 11.7. The minimum atomic E-state index is -0.0279. The minimum Gasteiger partial charge on any atom is -0.356 e. The lowest BCUT2D eigenvalue weighted by Crippen LogP contribution is -2.36. The molecule has 0 aliphatic carbocycles. The van der Waals surface area contributed by atoms with Crippen LogP contribution in [0.25, 0.3) is 0 Å². The van der Waals surface area contributed by atoms with Crippen molar-refractivity contribution in [2.75, 3.05) is 12.3 Å². The molecule has 3 atom stereocenters. The Bertz CT molecular complexity index is 376. The van der Waals surface area contributed by atoms with Crippen molar-refractivity contribution >= 4 is 23.7 Å². The summed E-state index contributed by atoms with van der Waals surface area (Å²) in [6, 6.07) is 0.550. The number of hydrogen-bond acceptors (Lipinski definition) is 3. The normalized spacial score (nSPS) is 27.4. The molecule has 0 aromatic carbocycles. The highest BCUT2D eigenvalue weighted by Gasteiger charge is 2.42. The molecule has 0 aromatic rings. The molecule has 2 saturated heterocycles. The first kappa shape index (κ1) is 16.5. The van der Waals surface area contributed by atoms with E-state index in [2.05, 4.69) is 29.8 Å². The number of urea groups is 1. The molecule has 0 bridgehead atoms. The smallest absolute Gasteiger partial charge is 0.315 e. The van der Waals surface area contributed by atoms with Gasteiger partial charge >= 0.3 is 6.03 Å². The molecule has 2 aliphatic heterocycles. The highest BCUT2D eigenvalue weighted by molar-refractivity contribution is 8.00. The maximum absolute atomic E-state index is 11.7. The maximum Gasteiger partial charge on any atom is 0.315 e. The topological polar surface area (TPSA) is 70.2 Å². The molecule has 6 heteroatoms. The Morgan fingerprint density at radius 2 is 2.19 bits per heavy atom. The van der Waals surface area contributed by atoms with E-state index < -0.39 is 0 Å². The lowest BCUT2D eigenvalue weighted by Gasteiger charge is -2.16. The molecule has 2 fully saturated rings. The van der Waals surface area contributed by atoms with E-state index >= 15 is 0 Å². The Hall–Kier alpha value is -0.910. The zero-order chi connectivity index (χ0) is 15.2. The van der Waals surface area contributed by atoms with E-state index in [-0.39, 0.29) is 18.0 Å². The molecule has 0 saturated carbocycles. The Morgan fingerprint density at radius 3 is 2.95 bits per heavy atom. The van der Waals surface area contributed by atoms with Crippen molar-refractivity contribution in [3.63, 3.8) is 0 Å². The quantitative estimate of drug-likeness (QED) is 0.473. The number of amides is 3. The fourth-order valence-corrected chi connectivity index (χ4v) is 4.41. The van der Waals surface area contributed by atoms with E-state index in [9.17, 15) is 9.59 Å². The fourth-order valence-electron chi connectivity index (χ4n) is 2.86. The summed E-state index contributed by atoms with van der Waals surface area (Å²) in [5.74, 6) is 1.81. The molecule has 2 rings (SSSR count). The van der Waals surface area contributed by atoms with E-state index in [0.717, 1.165) is 38.0 Å². The Labute approximate surface area is 131 Å². The molecule has 0 aromatic heterocycles. The Balaban J connectivity index is 1.54. The second kappa shape index (κ2) is 7.92. The van der Waals surface area contributed by atoms with Gasteiger partial charge in [0.15, 0.2) is 0 Å². The molecule has 2 aliphatic rings. The van der Waals surface area contributed by atoms with Crippen LogP contribution in [0.15, 0.2) is 0 Å². The number of thioether (sulfide) groups is 1. The number of carbonyl (C=O) groups is 2. The molecule has 0 unspecified atom stereocenters. The first-order valence-electron chi connectivity index (χ1n) is 8.01. The number of nitrogens with one attached hydrogen (secondary N) is 3. The van der Waals surface area contributed by atoms with E-state index in [0.29, 0.717) is 23.6 Å². The predicted molar refractivity (Wildman–Crippen MR) is 86.4 cm³/mol. The van der Waals surface area contributed by atoms with Crippen LogP contribution >= 0.6 is 11.8 Å². The lowest BCUT2D eigenvalue weighted by molar-refractivity contribution is -0.121. The highest BCUT2D eigenvalue weighted by Crippen LogP contribution is 2.33. The largest absolute Gasteiger partial charge is 0.356 e. The molecule has 0 radical (unpaired) electrons. The molecule has 2 heterocycles. The monoisotopic (exact) mass is 313 g/mol. The van der Waals surface area contributed by atoms with Crippen LogP contribution in [0.3, 0.4) is 0 Å². The van der Waals surface area contributed by atoms with Crippen LogP contribution in [0.1, 0.15) is 46.0 Å². The summed E-state index contributed by atoms with van der Waals surface area (Å²) in [4.78, 5) is 22.9. The van der Waals surface area contributed by atoms with Gasteiger partial charge in [0.1, 0.15) is 0 Å². The van der Waals surface area contributed by atoms with Crippen molar-refractivity contribution in [3.05, 3.63) is 0 Å². The van der Waals surface area contributed by atoms with Gasteiger partial charge in [0.25, 0.3) is 0 Å². The van der Waals surface area contributed by atoms with E-state index in [1.807, 2.05) is 11.8 Å². The second-order valence-corrected chi connectivity index (χ2v) is 7.67. The second-order valence-electron chi connectivity index (χ2n) is 6.40. The van der Waals surface area contributed by atoms with Crippen molar-refractivity contribution in [2.45, 2.75) is 63.3 Å². The van der Waals surface area contributed by atoms with Gasteiger partial charge in [-0.2, -0.15) is 11.8 Å². The van der Waals surface area contributed by atoms with Crippen molar-refractivity contribution in [1.82, 2.24) is 16.0 Å². The van der Waals surface area contributed by atoms with E-state index in [1.165, 1.54) is 0 Å². The van der Waals surface area contributed by atoms with Crippen LogP contribution < -0.4 is 16.0 Å². The molecule has 3 N–H and O–H groups in total. The van der Waals surface area contributed by atoms with Crippen LogP contribution in [-0.4, -0.2) is 41.6 Å². The minimum absolute atomic E-state index is 0.0279. The number of hydrogen-bond donors (Lipinski definition) is 3. The summed E-state index contributed by atoms with van der Waals surface area (Å²) in [5, 5.41) is 9.43. The average Bonchev–Trinajstić information content (AvgIpc) is 2.94.